The number of rotatable bonds is 5. The van der Waals surface area contributed by atoms with Crippen molar-refractivity contribution in [3.8, 4) is 0 Å². The lowest BCUT2D eigenvalue weighted by atomic mass is 9.87. The van der Waals surface area contributed by atoms with Crippen molar-refractivity contribution < 1.29 is 0 Å². The molecule has 0 spiro atoms. The molecule has 0 amide bonds. The Bertz CT molecular complexity index is 121. The van der Waals surface area contributed by atoms with Crippen LogP contribution in [0.1, 0.15) is 38.5 Å². The number of nitrogens with zero attached hydrogens (tertiary/aromatic N) is 1. The summed E-state index contributed by atoms with van der Waals surface area (Å²) in [7, 11) is 2.17. The van der Waals surface area contributed by atoms with E-state index in [4.69, 9.17) is 11.6 Å². The molecule has 2 heteroatoms. The van der Waals surface area contributed by atoms with Gasteiger partial charge in [-0.25, -0.2) is 0 Å². The summed E-state index contributed by atoms with van der Waals surface area (Å²) in [6.45, 7) is 2.27. The fourth-order valence-corrected chi connectivity index (χ4v) is 2.42. The molecule has 0 saturated heterocycles. The zero-order valence-corrected chi connectivity index (χ0v) is 9.52. The molecule has 0 heterocycles. The summed E-state index contributed by atoms with van der Waals surface area (Å²) in [6, 6.07) is 0. The average Bonchev–Trinajstić information content (AvgIpc) is 2.17. The Morgan fingerprint density at radius 1 is 1.15 bits per heavy atom. The molecule has 0 aromatic carbocycles. The van der Waals surface area contributed by atoms with Gasteiger partial charge in [-0.2, -0.15) is 0 Å². The Kier molecular flexibility index (Phi) is 5.81. The van der Waals surface area contributed by atoms with E-state index in [1.165, 1.54) is 45.1 Å². The van der Waals surface area contributed by atoms with Crippen LogP contribution in [-0.4, -0.2) is 30.9 Å². The molecule has 1 nitrogen and oxygen atoms in total. The lowest BCUT2D eigenvalue weighted by Gasteiger charge is -2.24. The number of hydrogen-bond acceptors (Lipinski definition) is 1. The van der Waals surface area contributed by atoms with Crippen LogP contribution in [0.4, 0.5) is 0 Å². The van der Waals surface area contributed by atoms with Crippen LogP contribution in [0.2, 0.25) is 0 Å². The largest absolute Gasteiger partial charge is 0.305 e. The second-order valence-electron chi connectivity index (χ2n) is 4.28. The van der Waals surface area contributed by atoms with Crippen LogP contribution < -0.4 is 0 Å². The Balaban J connectivity index is 2.03. The van der Waals surface area contributed by atoms with Gasteiger partial charge in [0, 0.05) is 12.4 Å². The maximum Gasteiger partial charge on any atom is 0.0351 e. The Hall–Kier alpha value is 0.250. The van der Waals surface area contributed by atoms with Gasteiger partial charge >= 0.3 is 0 Å². The predicted octanol–water partition coefficient (Wildman–Crippen LogP) is 3.13. The Labute approximate surface area is 87.4 Å². The fourth-order valence-electron chi connectivity index (χ4n) is 2.13. The first-order chi connectivity index (χ1) is 6.33. The second kappa shape index (κ2) is 6.67. The highest BCUT2D eigenvalue weighted by atomic mass is 35.5. The van der Waals surface area contributed by atoms with E-state index in [1.807, 2.05) is 0 Å². The Morgan fingerprint density at radius 3 is 2.46 bits per heavy atom. The van der Waals surface area contributed by atoms with Gasteiger partial charge in [0.15, 0.2) is 0 Å². The van der Waals surface area contributed by atoms with Gasteiger partial charge in [-0.1, -0.05) is 32.1 Å². The van der Waals surface area contributed by atoms with Gasteiger partial charge in [0.25, 0.3) is 0 Å². The zero-order valence-electron chi connectivity index (χ0n) is 8.77. The molecule has 0 unspecified atom stereocenters. The molecule has 13 heavy (non-hydrogen) atoms. The second-order valence-corrected chi connectivity index (χ2v) is 4.66. The lowest BCUT2D eigenvalue weighted by molar-refractivity contribution is 0.273. The third-order valence-electron chi connectivity index (χ3n) is 3.11. The van der Waals surface area contributed by atoms with Crippen molar-refractivity contribution in [2.45, 2.75) is 38.5 Å². The number of halogens is 1. The van der Waals surface area contributed by atoms with E-state index in [0.717, 1.165) is 18.3 Å². The fraction of sp³-hybridized carbons (Fsp3) is 1.00. The predicted molar refractivity (Wildman–Crippen MR) is 59.4 cm³/mol. The third-order valence-corrected chi connectivity index (χ3v) is 3.28. The van der Waals surface area contributed by atoms with E-state index < -0.39 is 0 Å². The molecule has 0 N–H and O–H groups in total. The number of hydrogen-bond donors (Lipinski definition) is 0. The van der Waals surface area contributed by atoms with Gasteiger partial charge in [-0.15, -0.1) is 11.6 Å². The smallest absolute Gasteiger partial charge is 0.0351 e. The maximum atomic E-state index is 5.68. The van der Waals surface area contributed by atoms with Crippen LogP contribution in [0.15, 0.2) is 0 Å². The summed E-state index contributed by atoms with van der Waals surface area (Å²) in [5.74, 6) is 1.77. The lowest BCUT2D eigenvalue weighted by Crippen LogP contribution is -2.24. The van der Waals surface area contributed by atoms with E-state index in [1.54, 1.807) is 0 Å². The first kappa shape index (κ1) is 11.3. The van der Waals surface area contributed by atoms with E-state index in [0.29, 0.717) is 0 Å². The minimum absolute atomic E-state index is 0.765. The number of alkyl halides is 1. The van der Waals surface area contributed by atoms with Crippen molar-refractivity contribution in [3.05, 3.63) is 0 Å². The van der Waals surface area contributed by atoms with Crippen LogP contribution in [-0.2, 0) is 0 Å². The Morgan fingerprint density at radius 2 is 1.85 bits per heavy atom. The van der Waals surface area contributed by atoms with E-state index in [-0.39, 0.29) is 0 Å². The van der Waals surface area contributed by atoms with Crippen molar-refractivity contribution in [3.63, 3.8) is 0 Å². The van der Waals surface area contributed by atoms with Crippen molar-refractivity contribution in [1.29, 1.82) is 0 Å². The highest BCUT2D eigenvalue weighted by molar-refractivity contribution is 6.18. The van der Waals surface area contributed by atoms with Crippen LogP contribution in [0.3, 0.4) is 0 Å². The molecule has 1 aliphatic carbocycles. The summed E-state index contributed by atoms with van der Waals surface area (Å²) in [5, 5.41) is 0. The summed E-state index contributed by atoms with van der Waals surface area (Å²) in [5.41, 5.74) is 0. The van der Waals surface area contributed by atoms with Crippen LogP contribution in [0.5, 0.6) is 0 Å². The molecule has 0 aromatic heterocycles. The molecule has 0 bridgehead atoms. The average molecular weight is 204 g/mol. The van der Waals surface area contributed by atoms with Gasteiger partial charge in [-0.3, -0.25) is 0 Å². The quantitative estimate of drug-likeness (QED) is 0.621. The van der Waals surface area contributed by atoms with Crippen LogP contribution in [0.25, 0.3) is 0 Å². The van der Waals surface area contributed by atoms with Crippen molar-refractivity contribution in [2.24, 2.45) is 5.92 Å². The van der Waals surface area contributed by atoms with E-state index in [2.05, 4.69) is 11.9 Å². The molecular formula is C11H22ClN. The molecule has 0 aromatic rings. The molecule has 0 aliphatic heterocycles. The summed E-state index contributed by atoms with van der Waals surface area (Å²) < 4.78 is 0. The first-order valence-electron chi connectivity index (χ1n) is 5.57. The molecule has 1 saturated carbocycles. The standard InChI is InChI=1S/C11H22ClN/c1-13(10-8-12)9-7-11-5-3-2-4-6-11/h11H,2-10H2,1H3. The van der Waals surface area contributed by atoms with E-state index >= 15 is 0 Å². The zero-order chi connectivity index (χ0) is 9.52. The normalized spacial score (nSPS) is 19.6. The van der Waals surface area contributed by atoms with Crippen molar-refractivity contribution in [2.75, 3.05) is 26.0 Å². The molecule has 0 radical (unpaired) electrons. The monoisotopic (exact) mass is 203 g/mol. The van der Waals surface area contributed by atoms with Crippen LogP contribution >= 0.6 is 11.6 Å². The van der Waals surface area contributed by atoms with Gasteiger partial charge in [0.2, 0.25) is 0 Å². The first-order valence-corrected chi connectivity index (χ1v) is 6.11. The summed E-state index contributed by atoms with van der Waals surface area (Å²) in [6.07, 6.45) is 8.71. The SMILES string of the molecule is CN(CCCl)CCC1CCCCC1. The van der Waals surface area contributed by atoms with Gasteiger partial charge in [0.05, 0.1) is 0 Å². The highest BCUT2D eigenvalue weighted by Crippen LogP contribution is 2.26. The molecule has 78 valence electrons. The van der Waals surface area contributed by atoms with Crippen LogP contribution in [0, 0.1) is 5.92 Å². The van der Waals surface area contributed by atoms with Gasteiger partial charge < -0.3 is 4.90 Å². The third kappa shape index (κ3) is 4.87. The van der Waals surface area contributed by atoms with Gasteiger partial charge in [0.1, 0.15) is 0 Å². The molecule has 1 fully saturated rings. The molecule has 1 rings (SSSR count). The molecule has 0 atom stereocenters. The minimum Gasteiger partial charge on any atom is -0.305 e. The van der Waals surface area contributed by atoms with Gasteiger partial charge in [-0.05, 0) is 25.9 Å². The van der Waals surface area contributed by atoms with Crippen molar-refractivity contribution in [1.82, 2.24) is 4.90 Å². The summed E-state index contributed by atoms with van der Waals surface area (Å²) in [4.78, 5) is 2.35. The van der Waals surface area contributed by atoms with E-state index in [9.17, 15) is 0 Å². The minimum atomic E-state index is 0.765. The molecular weight excluding hydrogens is 182 g/mol. The maximum absolute atomic E-state index is 5.68. The highest BCUT2D eigenvalue weighted by Gasteiger charge is 2.13. The topological polar surface area (TPSA) is 3.24 Å². The summed E-state index contributed by atoms with van der Waals surface area (Å²) >= 11 is 5.68. The molecule has 1 aliphatic rings. The van der Waals surface area contributed by atoms with Crippen molar-refractivity contribution >= 4 is 11.6 Å².